The summed E-state index contributed by atoms with van der Waals surface area (Å²) in [4.78, 5) is 30.9. The molecular formula is C21H21N3O3S. The molecule has 3 aromatic rings. The second-order valence-corrected chi connectivity index (χ2v) is 7.06. The van der Waals surface area contributed by atoms with Crippen molar-refractivity contribution in [1.29, 1.82) is 0 Å². The van der Waals surface area contributed by atoms with Gasteiger partial charge in [0.15, 0.2) is 0 Å². The van der Waals surface area contributed by atoms with E-state index in [4.69, 9.17) is 4.74 Å². The standard InChI is InChI=1S/C21H21N3O3S/c1-4-27-21(26)24(3)17-12-10-16(11-13-17)23-19(25)18-14(2)22-20(28-18)15-8-6-5-7-9-15/h5-13H,4H2,1-3H3,(H,23,25). The Morgan fingerprint density at radius 3 is 2.43 bits per heavy atom. The molecule has 1 aromatic heterocycles. The number of benzene rings is 2. The van der Waals surface area contributed by atoms with Gasteiger partial charge in [0.25, 0.3) is 5.91 Å². The van der Waals surface area contributed by atoms with E-state index in [-0.39, 0.29) is 5.91 Å². The molecule has 144 valence electrons. The lowest BCUT2D eigenvalue weighted by molar-refractivity contribution is 0.102. The summed E-state index contributed by atoms with van der Waals surface area (Å²) in [6.45, 7) is 3.90. The van der Waals surface area contributed by atoms with Crippen molar-refractivity contribution in [3.05, 3.63) is 65.2 Å². The first-order chi connectivity index (χ1) is 13.5. The highest BCUT2D eigenvalue weighted by molar-refractivity contribution is 7.17. The average Bonchev–Trinajstić information content (AvgIpc) is 3.11. The maximum atomic E-state index is 12.7. The first-order valence-electron chi connectivity index (χ1n) is 8.84. The maximum absolute atomic E-state index is 12.7. The van der Waals surface area contributed by atoms with Gasteiger partial charge in [-0.15, -0.1) is 11.3 Å². The molecule has 7 heteroatoms. The second-order valence-electron chi connectivity index (χ2n) is 6.06. The van der Waals surface area contributed by atoms with Gasteiger partial charge >= 0.3 is 6.09 Å². The van der Waals surface area contributed by atoms with Gasteiger partial charge in [0, 0.05) is 24.0 Å². The molecule has 0 aliphatic carbocycles. The van der Waals surface area contributed by atoms with E-state index in [1.54, 1.807) is 38.2 Å². The van der Waals surface area contributed by atoms with Crippen molar-refractivity contribution in [1.82, 2.24) is 4.98 Å². The number of hydrogen-bond acceptors (Lipinski definition) is 5. The fraction of sp³-hybridized carbons (Fsp3) is 0.190. The molecule has 0 saturated heterocycles. The van der Waals surface area contributed by atoms with Crippen LogP contribution in [0.5, 0.6) is 0 Å². The summed E-state index contributed by atoms with van der Waals surface area (Å²) >= 11 is 1.36. The van der Waals surface area contributed by atoms with Crippen molar-refractivity contribution in [2.24, 2.45) is 0 Å². The van der Waals surface area contributed by atoms with Gasteiger partial charge < -0.3 is 10.1 Å². The molecular weight excluding hydrogens is 374 g/mol. The van der Waals surface area contributed by atoms with Crippen LogP contribution in [-0.2, 0) is 4.74 Å². The Balaban J connectivity index is 1.71. The molecule has 1 heterocycles. The Hall–Kier alpha value is -3.19. The quantitative estimate of drug-likeness (QED) is 0.662. The summed E-state index contributed by atoms with van der Waals surface area (Å²) in [6.07, 6.45) is -0.423. The lowest BCUT2D eigenvalue weighted by Gasteiger charge is -2.16. The molecule has 0 aliphatic heterocycles. The number of aryl methyl sites for hydroxylation is 1. The van der Waals surface area contributed by atoms with Crippen LogP contribution < -0.4 is 10.2 Å². The summed E-state index contributed by atoms with van der Waals surface area (Å²) in [5.41, 5.74) is 3.00. The Morgan fingerprint density at radius 2 is 1.79 bits per heavy atom. The fourth-order valence-electron chi connectivity index (χ4n) is 2.59. The molecule has 0 radical (unpaired) electrons. The minimum absolute atomic E-state index is 0.205. The molecule has 3 rings (SSSR count). The summed E-state index contributed by atoms with van der Waals surface area (Å²) < 4.78 is 4.97. The van der Waals surface area contributed by atoms with Crippen molar-refractivity contribution in [2.45, 2.75) is 13.8 Å². The number of carbonyl (C=O) groups excluding carboxylic acids is 2. The molecule has 2 aromatic carbocycles. The topological polar surface area (TPSA) is 71.5 Å². The minimum atomic E-state index is -0.423. The molecule has 0 bridgehead atoms. The van der Waals surface area contributed by atoms with E-state index in [1.165, 1.54) is 16.2 Å². The molecule has 0 aliphatic rings. The number of amides is 2. The molecule has 0 spiro atoms. The van der Waals surface area contributed by atoms with E-state index in [0.717, 1.165) is 10.6 Å². The number of ether oxygens (including phenoxy) is 1. The van der Waals surface area contributed by atoms with E-state index in [9.17, 15) is 9.59 Å². The summed E-state index contributed by atoms with van der Waals surface area (Å²) in [6, 6.07) is 16.8. The van der Waals surface area contributed by atoms with Crippen LogP contribution in [0.2, 0.25) is 0 Å². The van der Waals surface area contributed by atoms with Gasteiger partial charge in [0.2, 0.25) is 0 Å². The number of nitrogens with one attached hydrogen (secondary N) is 1. The highest BCUT2D eigenvalue weighted by Crippen LogP contribution is 2.28. The lowest BCUT2D eigenvalue weighted by Crippen LogP contribution is -2.26. The van der Waals surface area contributed by atoms with Gasteiger partial charge in [-0.2, -0.15) is 0 Å². The van der Waals surface area contributed by atoms with Crippen molar-refractivity contribution in [3.8, 4) is 10.6 Å². The van der Waals surface area contributed by atoms with E-state index >= 15 is 0 Å². The largest absolute Gasteiger partial charge is 0.449 e. The predicted octanol–water partition coefficient (Wildman–Crippen LogP) is 4.96. The van der Waals surface area contributed by atoms with Crippen LogP contribution in [0, 0.1) is 6.92 Å². The molecule has 2 amide bonds. The van der Waals surface area contributed by atoms with Crippen LogP contribution in [-0.4, -0.2) is 30.6 Å². The van der Waals surface area contributed by atoms with Gasteiger partial charge in [0.05, 0.1) is 12.3 Å². The van der Waals surface area contributed by atoms with Crippen molar-refractivity contribution >= 4 is 34.7 Å². The zero-order valence-electron chi connectivity index (χ0n) is 15.9. The van der Waals surface area contributed by atoms with E-state index in [2.05, 4.69) is 10.3 Å². The number of rotatable bonds is 5. The number of hydrogen-bond donors (Lipinski definition) is 1. The molecule has 28 heavy (non-hydrogen) atoms. The predicted molar refractivity (Wildman–Crippen MR) is 112 cm³/mol. The number of thiazole rings is 1. The lowest BCUT2D eigenvalue weighted by atomic mass is 10.2. The van der Waals surface area contributed by atoms with Gasteiger partial charge in [-0.05, 0) is 38.1 Å². The van der Waals surface area contributed by atoms with Gasteiger partial charge in [0.1, 0.15) is 9.88 Å². The Bertz CT molecular complexity index is 968. The molecule has 0 fully saturated rings. The maximum Gasteiger partial charge on any atom is 0.413 e. The summed E-state index contributed by atoms with van der Waals surface area (Å²) in [7, 11) is 1.64. The number of aromatic nitrogens is 1. The van der Waals surface area contributed by atoms with Crippen LogP contribution >= 0.6 is 11.3 Å². The fourth-order valence-corrected chi connectivity index (χ4v) is 3.56. The van der Waals surface area contributed by atoms with Gasteiger partial charge in [-0.1, -0.05) is 30.3 Å². The van der Waals surface area contributed by atoms with Crippen LogP contribution in [0.1, 0.15) is 22.3 Å². The highest BCUT2D eigenvalue weighted by Gasteiger charge is 2.17. The SMILES string of the molecule is CCOC(=O)N(C)c1ccc(NC(=O)c2sc(-c3ccccc3)nc2C)cc1. The van der Waals surface area contributed by atoms with E-state index < -0.39 is 6.09 Å². The van der Waals surface area contributed by atoms with Crippen molar-refractivity contribution in [2.75, 3.05) is 23.9 Å². The Kier molecular flexibility index (Phi) is 6.06. The molecule has 0 unspecified atom stereocenters. The average molecular weight is 395 g/mol. The zero-order chi connectivity index (χ0) is 20.1. The molecule has 1 N–H and O–H groups in total. The normalized spacial score (nSPS) is 10.4. The summed E-state index contributed by atoms with van der Waals surface area (Å²) in [5.74, 6) is -0.205. The third-order valence-corrected chi connectivity index (χ3v) is 5.28. The van der Waals surface area contributed by atoms with Crippen molar-refractivity contribution in [3.63, 3.8) is 0 Å². The van der Waals surface area contributed by atoms with Crippen LogP contribution in [0.15, 0.2) is 54.6 Å². The Labute approximate surface area is 167 Å². The second kappa shape index (κ2) is 8.67. The van der Waals surface area contributed by atoms with Crippen LogP contribution in [0.4, 0.5) is 16.2 Å². The van der Waals surface area contributed by atoms with Crippen molar-refractivity contribution < 1.29 is 14.3 Å². The third-order valence-electron chi connectivity index (χ3n) is 4.08. The Morgan fingerprint density at radius 1 is 1.11 bits per heavy atom. The van der Waals surface area contributed by atoms with E-state index in [1.807, 2.05) is 37.3 Å². The first kappa shape index (κ1) is 19.6. The number of carbonyl (C=O) groups is 2. The highest BCUT2D eigenvalue weighted by atomic mass is 32.1. The third kappa shape index (κ3) is 4.37. The molecule has 6 nitrogen and oxygen atoms in total. The molecule has 0 saturated carbocycles. The summed E-state index contributed by atoms with van der Waals surface area (Å²) in [5, 5.41) is 3.70. The first-order valence-corrected chi connectivity index (χ1v) is 9.66. The smallest absolute Gasteiger partial charge is 0.413 e. The van der Waals surface area contributed by atoms with E-state index in [0.29, 0.717) is 28.6 Å². The number of anilines is 2. The zero-order valence-corrected chi connectivity index (χ0v) is 16.7. The monoisotopic (exact) mass is 395 g/mol. The van der Waals surface area contributed by atoms with Crippen LogP contribution in [0.25, 0.3) is 10.6 Å². The molecule has 0 atom stereocenters. The van der Waals surface area contributed by atoms with Crippen LogP contribution in [0.3, 0.4) is 0 Å². The van der Waals surface area contributed by atoms with Gasteiger partial charge in [-0.3, -0.25) is 9.69 Å². The minimum Gasteiger partial charge on any atom is -0.449 e. The van der Waals surface area contributed by atoms with Gasteiger partial charge in [-0.25, -0.2) is 9.78 Å². The number of nitrogens with zero attached hydrogens (tertiary/aromatic N) is 2.